The summed E-state index contributed by atoms with van der Waals surface area (Å²) in [6.45, 7) is 4.74. The average Bonchev–Trinajstić information content (AvgIpc) is 4.09. The second-order valence-corrected chi connectivity index (χ2v) is 19.3. The van der Waals surface area contributed by atoms with E-state index in [9.17, 15) is 0 Å². The summed E-state index contributed by atoms with van der Waals surface area (Å²) in [5, 5.41) is 4.02. The van der Waals surface area contributed by atoms with E-state index in [0.29, 0.717) is 11.3 Å². The van der Waals surface area contributed by atoms with Gasteiger partial charge in [0.1, 0.15) is 5.58 Å². The Kier molecular flexibility index (Phi) is 7.41. The van der Waals surface area contributed by atoms with Gasteiger partial charge in [0.25, 0.3) is 0 Å². The molecule has 5 heteroatoms. The van der Waals surface area contributed by atoms with Gasteiger partial charge in [-0.15, -0.1) is 23.1 Å². The maximum atomic E-state index is 6.72. The highest BCUT2D eigenvalue weighted by molar-refractivity contribution is 8.04. The molecule has 2 aromatic heterocycles. The van der Waals surface area contributed by atoms with E-state index in [1.54, 1.807) is 5.57 Å². The van der Waals surface area contributed by atoms with Crippen LogP contribution in [0.5, 0.6) is 0 Å². The lowest BCUT2D eigenvalue weighted by atomic mass is 9.79. The van der Waals surface area contributed by atoms with E-state index in [4.69, 9.17) is 4.42 Å². The fourth-order valence-electron chi connectivity index (χ4n) is 10.8. The van der Waals surface area contributed by atoms with Crippen molar-refractivity contribution in [1.29, 1.82) is 0 Å². The number of hydrogen-bond donors (Lipinski definition) is 0. The van der Waals surface area contributed by atoms with Gasteiger partial charge in [0, 0.05) is 53.1 Å². The smallest absolute Gasteiger partial charge is 0.159 e. The third-order valence-corrected chi connectivity index (χ3v) is 16.3. The minimum atomic E-state index is -0.0969. The van der Waals surface area contributed by atoms with Gasteiger partial charge in [0.15, 0.2) is 5.58 Å². The Morgan fingerprint density at radius 2 is 1.37 bits per heavy atom. The lowest BCUT2D eigenvalue weighted by molar-refractivity contribution is 0.662. The van der Waals surface area contributed by atoms with Gasteiger partial charge in [-0.1, -0.05) is 129 Å². The van der Waals surface area contributed by atoms with Crippen molar-refractivity contribution in [3.05, 3.63) is 196 Å². The van der Waals surface area contributed by atoms with Gasteiger partial charge in [-0.3, -0.25) is 0 Å². The number of nitrogens with zero attached hydrogens (tertiary/aromatic N) is 2. The van der Waals surface area contributed by atoms with Crippen molar-refractivity contribution in [3.8, 4) is 22.3 Å². The quantitative estimate of drug-likeness (QED) is 0.172. The van der Waals surface area contributed by atoms with E-state index in [2.05, 4.69) is 205 Å². The van der Waals surface area contributed by atoms with Crippen molar-refractivity contribution >= 4 is 83.6 Å². The number of furan rings is 1. The van der Waals surface area contributed by atoms with E-state index in [1.807, 2.05) is 11.3 Å². The number of allylic oxidation sites excluding steroid dienone is 2. The standard InChI is InChI=1S/C55H40N2OS2/c1-55(2)44-20-7-3-13-38(44)40-18-11-17-37(49(40)55)33-25-27-34(28-26-33)56(45-21-12-19-41-39-14-4-8-22-46(39)58-52(41)45)35-29-31-36(32-30-35)57-50-42-15-5-9-23-47(42)59-53(50)54-51(57)43-16-6-10-24-48(43)60-54/h3-5,7-15,17-32,51,54H,6,16H2,1-2H3. The normalized spacial score (nSPS) is 18.3. The molecule has 0 radical (unpaired) electrons. The van der Waals surface area contributed by atoms with Crippen molar-refractivity contribution < 1.29 is 4.42 Å². The number of fused-ring (bicyclic) bond motifs is 12. The first-order valence-electron chi connectivity index (χ1n) is 21.0. The van der Waals surface area contributed by atoms with Gasteiger partial charge in [0.2, 0.25) is 0 Å². The Morgan fingerprint density at radius 1 is 0.667 bits per heavy atom. The van der Waals surface area contributed by atoms with Gasteiger partial charge >= 0.3 is 0 Å². The maximum absolute atomic E-state index is 6.72. The lowest BCUT2D eigenvalue weighted by Gasteiger charge is -2.31. The Balaban J connectivity index is 0.949. The summed E-state index contributed by atoms with van der Waals surface area (Å²) in [5.41, 5.74) is 17.1. The molecule has 0 saturated heterocycles. The number of thiophene rings is 1. The van der Waals surface area contributed by atoms with Crippen LogP contribution in [0, 0.1) is 0 Å². The molecule has 2 unspecified atom stereocenters. The molecule has 2 atom stereocenters. The van der Waals surface area contributed by atoms with Crippen LogP contribution in [0.1, 0.15) is 47.9 Å². The van der Waals surface area contributed by atoms with Crippen molar-refractivity contribution in [2.75, 3.05) is 9.80 Å². The molecule has 2 aliphatic carbocycles. The fraction of sp³-hybridized carbons (Fsp3) is 0.127. The highest BCUT2D eigenvalue weighted by Crippen LogP contribution is 2.64. The summed E-state index contributed by atoms with van der Waals surface area (Å²) in [4.78, 5) is 8.04. The number of thioether (sulfide) groups is 1. The monoisotopic (exact) mass is 808 g/mol. The summed E-state index contributed by atoms with van der Waals surface area (Å²) in [6.07, 6.45) is 6.97. The van der Waals surface area contributed by atoms with Crippen LogP contribution >= 0.6 is 23.1 Å². The number of anilines is 5. The van der Waals surface area contributed by atoms with Crippen LogP contribution in [0.3, 0.4) is 0 Å². The molecule has 0 fully saturated rings. The van der Waals surface area contributed by atoms with E-state index in [1.165, 1.54) is 64.6 Å². The van der Waals surface area contributed by atoms with Crippen LogP contribution in [0.2, 0.25) is 0 Å². The van der Waals surface area contributed by atoms with E-state index >= 15 is 0 Å². The van der Waals surface area contributed by atoms with Crippen molar-refractivity contribution in [2.45, 2.75) is 43.4 Å². The summed E-state index contributed by atoms with van der Waals surface area (Å²) in [7, 11) is 0. The molecular formula is C55H40N2OS2. The first-order chi connectivity index (χ1) is 29.5. The summed E-state index contributed by atoms with van der Waals surface area (Å²) in [5.74, 6) is 0. The van der Waals surface area contributed by atoms with Gasteiger partial charge in [0.05, 0.1) is 22.7 Å². The first kappa shape index (κ1) is 34.6. The van der Waals surface area contributed by atoms with Gasteiger partial charge in [-0.25, -0.2) is 0 Å². The second kappa shape index (κ2) is 12.9. The topological polar surface area (TPSA) is 19.6 Å². The summed E-state index contributed by atoms with van der Waals surface area (Å²) in [6, 6.07) is 58.4. The molecular weight excluding hydrogens is 769 g/mol. The summed E-state index contributed by atoms with van der Waals surface area (Å²) >= 11 is 4.05. The average molecular weight is 809 g/mol. The molecule has 60 heavy (non-hydrogen) atoms. The van der Waals surface area contributed by atoms with E-state index in [0.717, 1.165) is 51.8 Å². The highest BCUT2D eigenvalue weighted by Gasteiger charge is 2.49. The minimum Gasteiger partial charge on any atom is -0.454 e. The third kappa shape index (κ3) is 4.85. The SMILES string of the molecule is CC1(C)c2ccccc2-c2cccc(-c3ccc(N(c4ccc(N5c6c(sc7ccccc67)C6SC7=C(CCC=C7)C65)cc4)c4cccc5c4oc4ccccc45)cc3)c21. The molecule has 13 rings (SSSR count). The van der Waals surface area contributed by atoms with E-state index in [-0.39, 0.29) is 5.41 Å². The molecule has 0 bridgehead atoms. The van der Waals surface area contributed by atoms with Crippen LogP contribution in [-0.4, -0.2) is 6.04 Å². The number of rotatable bonds is 5. The van der Waals surface area contributed by atoms with Crippen LogP contribution < -0.4 is 9.80 Å². The third-order valence-electron chi connectivity index (χ3n) is 13.5. The molecule has 2 aliphatic heterocycles. The van der Waals surface area contributed by atoms with Crippen molar-refractivity contribution in [3.63, 3.8) is 0 Å². The van der Waals surface area contributed by atoms with Crippen LogP contribution in [0.15, 0.2) is 185 Å². The van der Waals surface area contributed by atoms with Gasteiger partial charge < -0.3 is 14.2 Å². The Labute approximate surface area is 357 Å². The first-order valence-corrected chi connectivity index (χ1v) is 22.7. The van der Waals surface area contributed by atoms with Crippen LogP contribution in [-0.2, 0) is 5.41 Å². The Morgan fingerprint density at radius 3 is 2.23 bits per heavy atom. The van der Waals surface area contributed by atoms with Gasteiger partial charge in [-0.05, 0) is 106 Å². The molecule has 9 aromatic rings. The predicted octanol–water partition coefficient (Wildman–Crippen LogP) is 16.2. The molecule has 288 valence electrons. The predicted molar refractivity (Wildman–Crippen MR) is 255 cm³/mol. The largest absolute Gasteiger partial charge is 0.454 e. The molecule has 0 spiro atoms. The molecule has 3 nitrogen and oxygen atoms in total. The van der Waals surface area contributed by atoms with Crippen molar-refractivity contribution in [1.82, 2.24) is 0 Å². The Bertz CT molecular complexity index is 3290. The highest BCUT2D eigenvalue weighted by atomic mass is 32.2. The fourth-order valence-corrected chi connectivity index (χ4v) is 13.8. The zero-order valence-corrected chi connectivity index (χ0v) is 35.0. The van der Waals surface area contributed by atoms with Crippen LogP contribution in [0.4, 0.5) is 28.4 Å². The Hall–Kier alpha value is -6.27. The maximum Gasteiger partial charge on any atom is 0.159 e. The van der Waals surface area contributed by atoms with Crippen molar-refractivity contribution in [2.24, 2.45) is 0 Å². The molecule has 7 aromatic carbocycles. The number of benzene rings is 7. The molecule has 0 N–H and O–H groups in total. The second-order valence-electron chi connectivity index (χ2n) is 17.0. The zero-order chi connectivity index (χ0) is 39.7. The minimum absolute atomic E-state index is 0.0969. The number of para-hydroxylation sites is 2. The lowest BCUT2D eigenvalue weighted by Crippen LogP contribution is -2.29. The van der Waals surface area contributed by atoms with Crippen LogP contribution in [0.25, 0.3) is 54.3 Å². The number of hydrogen-bond acceptors (Lipinski definition) is 5. The molecule has 4 aliphatic rings. The molecule has 4 heterocycles. The summed E-state index contributed by atoms with van der Waals surface area (Å²) < 4.78 is 8.08. The molecule has 0 amide bonds. The molecule has 0 saturated carbocycles. The van der Waals surface area contributed by atoms with E-state index < -0.39 is 0 Å². The zero-order valence-electron chi connectivity index (χ0n) is 33.4. The van der Waals surface area contributed by atoms with Gasteiger partial charge in [-0.2, -0.15) is 0 Å².